The number of nitrogens with one attached hydrogen (secondary N) is 1. The van der Waals surface area contributed by atoms with E-state index in [-0.39, 0.29) is 11.9 Å². The van der Waals surface area contributed by atoms with Crippen LogP contribution in [0.2, 0.25) is 0 Å². The summed E-state index contributed by atoms with van der Waals surface area (Å²) in [6.07, 6.45) is 2.49. The van der Waals surface area contributed by atoms with Gasteiger partial charge in [0.2, 0.25) is 0 Å². The maximum Gasteiger partial charge on any atom is 0.253 e. The van der Waals surface area contributed by atoms with E-state index in [2.05, 4.69) is 27.3 Å². The molecule has 0 aliphatic rings. The Bertz CT molecular complexity index is 915. The standard InChI is InChI=1S/C19H23N5O/c1-5-8-24-18(20-11-21-24)14(4)23-19(25)16-10-15-9-12(2)6-7-17(15)22-13(16)3/h6-7,9-11,14H,5,8H2,1-4H3,(H,23,25)/t14-/m0/s1. The summed E-state index contributed by atoms with van der Waals surface area (Å²) in [4.78, 5) is 21.6. The molecule has 1 amide bonds. The van der Waals surface area contributed by atoms with Crippen molar-refractivity contribution in [3.8, 4) is 0 Å². The van der Waals surface area contributed by atoms with Crippen LogP contribution in [-0.4, -0.2) is 25.7 Å². The lowest BCUT2D eigenvalue weighted by Crippen LogP contribution is -2.29. The fourth-order valence-electron chi connectivity index (χ4n) is 2.95. The summed E-state index contributed by atoms with van der Waals surface area (Å²) in [6, 6.07) is 7.73. The second-order valence-electron chi connectivity index (χ2n) is 6.35. The normalized spacial score (nSPS) is 12.3. The molecule has 1 aromatic carbocycles. The fourth-order valence-corrected chi connectivity index (χ4v) is 2.95. The molecule has 2 aromatic heterocycles. The van der Waals surface area contributed by atoms with E-state index in [1.807, 2.05) is 49.7 Å². The monoisotopic (exact) mass is 337 g/mol. The predicted molar refractivity (Wildman–Crippen MR) is 97.4 cm³/mol. The number of benzene rings is 1. The van der Waals surface area contributed by atoms with E-state index in [1.54, 1.807) is 0 Å². The molecule has 130 valence electrons. The van der Waals surface area contributed by atoms with E-state index in [4.69, 9.17) is 0 Å². The minimum absolute atomic E-state index is 0.146. The Balaban J connectivity index is 1.86. The Labute approximate surface area is 147 Å². The number of hydrogen-bond acceptors (Lipinski definition) is 4. The number of amides is 1. The van der Waals surface area contributed by atoms with Gasteiger partial charge in [-0.3, -0.25) is 9.78 Å². The quantitative estimate of drug-likeness (QED) is 0.775. The van der Waals surface area contributed by atoms with Gasteiger partial charge in [-0.2, -0.15) is 5.10 Å². The Kier molecular flexibility index (Phi) is 4.79. The van der Waals surface area contributed by atoms with E-state index in [0.717, 1.165) is 41.0 Å². The highest BCUT2D eigenvalue weighted by Crippen LogP contribution is 2.19. The first-order valence-corrected chi connectivity index (χ1v) is 8.56. The Morgan fingerprint density at radius 3 is 2.84 bits per heavy atom. The number of pyridine rings is 1. The molecule has 6 nitrogen and oxygen atoms in total. The number of hydrogen-bond donors (Lipinski definition) is 1. The van der Waals surface area contributed by atoms with Gasteiger partial charge in [-0.1, -0.05) is 18.6 Å². The first-order chi connectivity index (χ1) is 12.0. The molecule has 1 atom stereocenters. The molecule has 1 N–H and O–H groups in total. The van der Waals surface area contributed by atoms with Crippen molar-refractivity contribution in [3.05, 3.63) is 53.2 Å². The lowest BCUT2D eigenvalue weighted by molar-refractivity contribution is 0.0936. The highest BCUT2D eigenvalue weighted by molar-refractivity contribution is 5.98. The summed E-state index contributed by atoms with van der Waals surface area (Å²) in [6.45, 7) is 8.67. The van der Waals surface area contributed by atoms with E-state index < -0.39 is 0 Å². The van der Waals surface area contributed by atoms with Gasteiger partial charge in [0, 0.05) is 11.9 Å². The van der Waals surface area contributed by atoms with Crippen LogP contribution in [0.5, 0.6) is 0 Å². The minimum atomic E-state index is -0.228. The van der Waals surface area contributed by atoms with Crippen molar-refractivity contribution >= 4 is 16.8 Å². The maximum absolute atomic E-state index is 12.8. The van der Waals surface area contributed by atoms with Gasteiger partial charge in [0.1, 0.15) is 12.2 Å². The molecule has 3 rings (SSSR count). The molecule has 2 heterocycles. The van der Waals surface area contributed by atoms with Crippen molar-refractivity contribution in [2.45, 2.75) is 46.7 Å². The summed E-state index contributed by atoms with van der Waals surface area (Å²) in [7, 11) is 0. The van der Waals surface area contributed by atoms with Gasteiger partial charge in [0.05, 0.1) is 22.8 Å². The number of aromatic nitrogens is 4. The third kappa shape index (κ3) is 3.52. The van der Waals surface area contributed by atoms with Crippen LogP contribution in [0.15, 0.2) is 30.6 Å². The van der Waals surface area contributed by atoms with Crippen molar-refractivity contribution in [1.82, 2.24) is 25.1 Å². The van der Waals surface area contributed by atoms with E-state index in [0.29, 0.717) is 5.56 Å². The van der Waals surface area contributed by atoms with Crippen LogP contribution in [-0.2, 0) is 6.54 Å². The average Bonchev–Trinajstić information content (AvgIpc) is 3.03. The van der Waals surface area contributed by atoms with Crippen molar-refractivity contribution in [2.24, 2.45) is 0 Å². The summed E-state index contributed by atoms with van der Waals surface area (Å²) >= 11 is 0. The number of carbonyl (C=O) groups excluding carboxylic acids is 1. The van der Waals surface area contributed by atoms with Gasteiger partial charge in [-0.15, -0.1) is 0 Å². The predicted octanol–water partition coefficient (Wildman–Crippen LogP) is 3.34. The van der Waals surface area contributed by atoms with Crippen molar-refractivity contribution in [3.63, 3.8) is 0 Å². The summed E-state index contributed by atoms with van der Waals surface area (Å²) in [5, 5.41) is 8.20. The third-order valence-electron chi connectivity index (χ3n) is 4.22. The Morgan fingerprint density at radius 2 is 2.08 bits per heavy atom. The smallest absolute Gasteiger partial charge is 0.253 e. The third-order valence-corrected chi connectivity index (χ3v) is 4.22. The lowest BCUT2D eigenvalue weighted by Gasteiger charge is -2.15. The average molecular weight is 337 g/mol. The molecule has 0 saturated carbocycles. The fraction of sp³-hybridized carbons (Fsp3) is 0.368. The first kappa shape index (κ1) is 17.1. The molecule has 0 fully saturated rings. The molecule has 0 radical (unpaired) electrons. The van der Waals surface area contributed by atoms with Crippen molar-refractivity contribution < 1.29 is 4.79 Å². The zero-order valence-electron chi connectivity index (χ0n) is 15.1. The maximum atomic E-state index is 12.8. The second-order valence-corrected chi connectivity index (χ2v) is 6.35. The Morgan fingerprint density at radius 1 is 1.28 bits per heavy atom. The molecular weight excluding hydrogens is 314 g/mol. The van der Waals surface area contributed by atoms with Gasteiger partial charge in [-0.25, -0.2) is 9.67 Å². The molecule has 25 heavy (non-hydrogen) atoms. The zero-order valence-corrected chi connectivity index (χ0v) is 15.1. The van der Waals surface area contributed by atoms with E-state index >= 15 is 0 Å². The molecular formula is C19H23N5O. The summed E-state index contributed by atoms with van der Waals surface area (Å²) in [5.74, 6) is 0.615. The van der Waals surface area contributed by atoms with Gasteiger partial charge in [0.25, 0.3) is 5.91 Å². The molecule has 3 aromatic rings. The number of rotatable bonds is 5. The van der Waals surface area contributed by atoms with Gasteiger partial charge in [0.15, 0.2) is 0 Å². The highest BCUT2D eigenvalue weighted by atomic mass is 16.1. The number of carbonyl (C=O) groups is 1. The van der Waals surface area contributed by atoms with Crippen molar-refractivity contribution in [1.29, 1.82) is 0 Å². The van der Waals surface area contributed by atoms with E-state index in [1.165, 1.54) is 6.33 Å². The van der Waals surface area contributed by atoms with Gasteiger partial charge >= 0.3 is 0 Å². The van der Waals surface area contributed by atoms with Gasteiger partial charge < -0.3 is 5.32 Å². The lowest BCUT2D eigenvalue weighted by atomic mass is 10.1. The molecule has 0 spiro atoms. The Hall–Kier alpha value is -2.76. The molecule has 0 bridgehead atoms. The molecule has 6 heteroatoms. The van der Waals surface area contributed by atoms with Crippen LogP contribution in [0, 0.1) is 13.8 Å². The minimum Gasteiger partial charge on any atom is -0.342 e. The van der Waals surface area contributed by atoms with Crippen LogP contribution in [0.3, 0.4) is 0 Å². The molecule has 0 aliphatic carbocycles. The highest BCUT2D eigenvalue weighted by Gasteiger charge is 2.18. The van der Waals surface area contributed by atoms with Crippen LogP contribution < -0.4 is 5.32 Å². The second kappa shape index (κ2) is 7.01. The molecule has 0 aliphatic heterocycles. The number of aryl methyl sites for hydroxylation is 3. The molecule has 0 unspecified atom stereocenters. The first-order valence-electron chi connectivity index (χ1n) is 8.56. The van der Waals surface area contributed by atoms with Crippen molar-refractivity contribution in [2.75, 3.05) is 0 Å². The summed E-state index contributed by atoms with van der Waals surface area (Å²) in [5.41, 5.74) is 3.35. The summed E-state index contributed by atoms with van der Waals surface area (Å²) < 4.78 is 1.83. The van der Waals surface area contributed by atoms with Crippen LogP contribution in [0.4, 0.5) is 0 Å². The zero-order chi connectivity index (χ0) is 18.0. The molecule has 0 saturated heterocycles. The topological polar surface area (TPSA) is 72.7 Å². The largest absolute Gasteiger partial charge is 0.342 e. The number of nitrogens with zero attached hydrogens (tertiary/aromatic N) is 4. The van der Waals surface area contributed by atoms with Gasteiger partial charge in [-0.05, 0) is 45.4 Å². The van der Waals surface area contributed by atoms with Crippen LogP contribution in [0.1, 0.15) is 53.7 Å². The number of fused-ring (bicyclic) bond motifs is 1. The van der Waals surface area contributed by atoms with Crippen LogP contribution >= 0.6 is 0 Å². The SMILES string of the molecule is CCCn1ncnc1[C@H](C)NC(=O)c1cc2cc(C)ccc2nc1C. The van der Waals surface area contributed by atoms with E-state index in [9.17, 15) is 4.79 Å². The van der Waals surface area contributed by atoms with Crippen LogP contribution in [0.25, 0.3) is 10.9 Å².